The molecule has 0 atom stereocenters. The Labute approximate surface area is 343 Å². The molecule has 0 saturated heterocycles. The molecule has 4 nitrogen and oxygen atoms in total. The van der Waals surface area contributed by atoms with Crippen LogP contribution in [0.1, 0.15) is 0 Å². The zero-order chi connectivity index (χ0) is 38.9. The van der Waals surface area contributed by atoms with Gasteiger partial charge in [0.25, 0.3) is 0 Å². The summed E-state index contributed by atoms with van der Waals surface area (Å²) in [5.74, 6) is 1.88. The third-order valence-corrected chi connectivity index (χ3v) is 12.7. The number of rotatable bonds is 5. The molecule has 9 aromatic carbocycles. The van der Waals surface area contributed by atoms with Crippen LogP contribution in [0.5, 0.6) is 0 Å². The van der Waals surface area contributed by atoms with Gasteiger partial charge in [-0.1, -0.05) is 170 Å². The summed E-state index contributed by atoms with van der Waals surface area (Å²) < 4.78 is 2.45. The van der Waals surface area contributed by atoms with Gasteiger partial charge >= 0.3 is 0 Å². The highest BCUT2D eigenvalue weighted by Gasteiger charge is 2.18. The fraction of sp³-hybridized carbons (Fsp3) is 0. The van der Waals surface area contributed by atoms with Gasteiger partial charge in [0.1, 0.15) is 0 Å². The molecule has 12 rings (SSSR count). The summed E-state index contributed by atoms with van der Waals surface area (Å²) in [6.45, 7) is 0. The van der Waals surface area contributed by atoms with Crippen LogP contribution in [0.15, 0.2) is 194 Å². The molecular weight excluding hydrogens is 737 g/mol. The number of hydrogen-bond donors (Lipinski definition) is 0. The van der Waals surface area contributed by atoms with E-state index in [1.807, 2.05) is 0 Å². The highest BCUT2D eigenvalue weighted by Crippen LogP contribution is 2.43. The molecule has 0 spiro atoms. The monoisotopic (exact) mass is 768 g/mol. The fourth-order valence-electron chi connectivity index (χ4n) is 8.59. The molecule has 0 N–H and O–H groups in total. The number of thiophene rings is 1. The summed E-state index contributed by atoms with van der Waals surface area (Å²) >= 11 is 1.80. The summed E-state index contributed by atoms with van der Waals surface area (Å²) in [5, 5.41) is 11.0. The molecule has 59 heavy (non-hydrogen) atoms. The largest absolute Gasteiger partial charge is 0.246 e. The van der Waals surface area contributed by atoms with Crippen molar-refractivity contribution in [3.63, 3.8) is 0 Å². The van der Waals surface area contributed by atoms with Crippen molar-refractivity contribution in [2.45, 2.75) is 0 Å². The van der Waals surface area contributed by atoms with Crippen LogP contribution in [0.2, 0.25) is 0 Å². The third kappa shape index (κ3) is 5.66. The third-order valence-electron chi connectivity index (χ3n) is 11.5. The van der Waals surface area contributed by atoms with Crippen molar-refractivity contribution in [2.24, 2.45) is 0 Å². The molecule has 3 heterocycles. The Balaban J connectivity index is 0.980. The SMILES string of the molecule is c1ccc2cc(-c3nc(-c4ccc(-c5cc6ccccc6c6ccccc56)cc4)nc(-c4ccc(-c5nc6ccccc6c6c5sc5ccccc56)cc4)n3)ccc2c1. The molecule has 0 aliphatic carbocycles. The lowest BCUT2D eigenvalue weighted by molar-refractivity contribution is 1.07. The van der Waals surface area contributed by atoms with Crippen molar-refractivity contribution in [1.29, 1.82) is 0 Å². The van der Waals surface area contributed by atoms with Crippen molar-refractivity contribution in [2.75, 3.05) is 0 Å². The lowest BCUT2D eigenvalue weighted by atomic mass is 9.93. The van der Waals surface area contributed by atoms with Crippen LogP contribution in [0, 0.1) is 0 Å². The zero-order valence-electron chi connectivity index (χ0n) is 31.7. The molecule has 0 amide bonds. The lowest BCUT2D eigenvalue weighted by Crippen LogP contribution is -2.00. The number of nitrogens with zero attached hydrogens (tertiary/aromatic N) is 4. The average molecular weight is 769 g/mol. The maximum absolute atomic E-state index is 5.23. The van der Waals surface area contributed by atoms with Crippen LogP contribution in [0.4, 0.5) is 0 Å². The van der Waals surface area contributed by atoms with E-state index in [9.17, 15) is 0 Å². The predicted molar refractivity (Wildman–Crippen MR) is 248 cm³/mol. The maximum atomic E-state index is 5.23. The minimum atomic E-state index is 0.618. The van der Waals surface area contributed by atoms with Gasteiger partial charge < -0.3 is 0 Å². The van der Waals surface area contributed by atoms with Gasteiger partial charge in [0, 0.05) is 43.1 Å². The van der Waals surface area contributed by atoms with Gasteiger partial charge in [0.2, 0.25) is 0 Å². The topological polar surface area (TPSA) is 51.6 Å². The highest BCUT2D eigenvalue weighted by molar-refractivity contribution is 7.26. The molecule has 0 unspecified atom stereocenters. The van der Waals surface area contributed by atoms with Crippen molar-refractivity contribution < 1.29 is 0 Å². The first-order valence-corrected chi connectivity index (χ1v) is 20.6. The van der Waals surface area contributed by atoms with Gasteiger partial charge in [-0.15, -0.1) is 11.3 Å². The first-order valence-electron chi connectivity index (χ1n) is 19.8. The zero-order valence-corrected chi connectivity index (χ0v) is 32.5. The Hall–Kier alpha value is -7.60. The van der Waals surface area contributed by atoms with Crippen LogP contribution in [0.3, 0.4) is 0 Å². The molecule has 0 aliphatic rings. The Morgan fingerprint density at radius 1 is 0.322 bits per heavy atom. The molecule has 274 valence electrons. The molecule has 3 aromatic heterocycles. The van der Waals surface area contributed by atoms with Crippen LogP contribution in [-0.2, 0) is 0 Å². The predicted octanol–water partition coefficient (Wildman–Crippen LogP) is 14.6. The van der Waals surface area contributed by atoms with E-state index >= 15 is 0 Å². The second kappa shape index (κ2) is 13.5. The van der Waals surface area contributed by atoms with Crippen molar-refractivity contribution >= 4 is 74.7 Å². The van der Waals surface area contributed by atoms with E-state index in [1.54, 1.807) is 11.3 Å². The first-order chi connectivity index (χ1) is 29.2. The highest BCUT2D eigenvalue weighted by atomic mass is 32.1. The van der Waals surface area contributed by atoms with Crippen molar-refractivity contribution in [3.05, 3.63) is 194 Å². The van der Waals surface area contributed by atoms with E-state index in [-0.39, 0.29) is 0 Å². The number of aromatic nitrogens is 4. The summed E-state index contributed by atoms with van der Waals surface area (Å²) in [6.07, 6.45) is 0. The average Bonchev–Trinajstić information content (AvgIpc) is 3.71. The first kappa shape index (κ1) is 33.5. The number of benzene rings is 9. The summed E-state index contributed by atoms with van der Waals surface area (Å²) in [4.78, 5) is 20.6. The van der Waals surface area contributed by atoms with Gasteiger partial charge in [0.15, 0.2) is 17.5 Å². The Bertz CT molecular complexity index is 3610. The van der Waals surface area contributed by atoms with Gasteiger partial charge in [-0.05, 0) is 67.7 Å². The normalized spacial score (nSPS) is 11.7. The summed E-state index contributed by atoms with van der Waals surface area (Å²) in [7, 11) is 0. The van der Waals surface area contributed by atoms with E-state index in [4.69, 9.17) is 19.9 Å². The second-order valence-corrected chi connectivity index (χ2v) is 16.0. The van der Waals surface area contributed by atoms with E-state index in [0.717, 1.165) is 44.4 Å². The number of para-hydroxylation sites is 1. The molecule has 0 bridgehead atoms. The molecule has 0 fully saturated rings. The van der Waals surface area contributed by atoms with Crippen LogP contribution < -0.4 is 0 Å². The Morgan fingerprint density at radius 3 is 1.59 bits per heavy atom. The van der Waals surface area contributed by atoms with Crippen molar-refractivity contribution in [3.8, 4) is 56.5 Å². The number of hydrogen-bond acceptors (Lipinski definition) is 5. The van der Waals surface area contributed by atoms with Crippen LogP contribution in [-0.4, -0.2) is 19.9 Å². The maximum Gasteiger partial charge on any atom is 0.164 e. The number of pyridine rings is 1. The molecule has 0 saturated carbocycles. The van der Waals surface area contributed by atoms with Gasteiger partial charge in [-0.25, -0.2) is 19.9 Å². The molecule has 12 aromatic rings. The lowest BCUT2D eigenvalue weighted by Gasteiger charge is -2.12. The minimum Gasteiger partial charge on any atom is -0.246 e. The van der Waals surface area contributed by atoms with Gasteiger partial charge in [-0.2, -0.15) is 0 Å². The van der Waals surface area contributed by atoms with E-state index in [1.165, 1.54) is 58.1 Å². The minimum absolute atomic E-state index is 0.618. The quantitative estimate of drug-likeness (QED) is 0.164. The van der Waals surface area contributed by atoms with Crippen molar-refractivity contribution in [1.82, 2.24) is 19.9 Å². The second-order valence-electron chi connectivity index (χ2n) is 15.0. The van der Waals surface area contributed by atoms with E-state index in [0.29, 0.717) is 17.5 Å². The fourth-order valence-corrected chi connectivity index (χ4v) is 9.82. The van der Waals surface area contributed by atoms with Crippen LogP contribution in [0.25, 0.3) is 120 Å². The molecular formula is C54H32N4S. The molecule has 5 heteroatoms. The Morgan fingerprint density at radius 2 is 0.847 bits per heavy atom. The summed E-state index contributed by atoms with van der Waals surface area (Å²) in [6, 6.07) is 68.6. The molecule has 0 radical (unpaired) electrons. The van der Waals surface area contributed by atoms with Crippen LogP contribution >= 0.6 is 11.3 Å². The van der Waals surface area contributed by atoms with Gasteiger partial charge in [0.05, 0.1) is 15.9 Å². The molecule has 0 aliphatic heterocycles. The summed E-state index contributed by atoms with van der Waals surface area (Å²) in [5.41, 5.74) is 8.15. The smallest absolute Gasteiger partial charge is 0.164 e. The van der Waals surface area contributed by atoms with Gasteiger partial charge in [-0.3, -0.25) is 0 Å². The van der Waals surface area contributed by atoms with E-state index < -0.39 is 0 Å². The standard InChI is InChI=1S/C54H32N4S/c1-2-12-38-31-40(30-21-33(38)11-1)54-57-52(36-26-22-34(23-27-36)46-32-39-13-3-4-14-41(39)42-15-5-6-16-43(42)46)56-53(58-54)37-28-24-35(25-29-37)50-51-49(44-17-7-9-19-47(44)55-50)45-18-8-10-20-48(45)59-51/h1-32H. The Kier molecular flexibility index (Phi) is 7.68. The number of fused-ring (bicyclic) bond motifs is 9. The van der Waals surface area contributed by atoms with E-state index in [2.05, 4.69) is 194 Å².